The Kier molecular flexibility index (Phi) is 22.6. The van der Waals surface area contributed by atoms with Crippen LogP contribution in [0, 0.1) is 0 Å². The molecule has 0 aromatic heterocycles. The molecule has 0 aromatic rings. The van der Waals surface area contributed by atoms with Gasteiger partial charge in [-0.3, -0.25) is 0 Å². The van der Waals surface area contributed by atoms with Crippen molar-refractivity contribution in [2.24, 2.45) is 0 Å². The predicted molar refractivity (Wildman–Crippen MR) is 87.7 cm³/mol. The third-order valence-electron chi connectivity index (χ3n) is 3.02. The van der Waals surface area contributed by atoms with Gasteiger partial charge in [-0.15, -0.1) is 0 Å². The second kappa shape index (κ2) is 20.2. The van der Waals surface area contributed by atoms with Crippen molar-refractivity contribution in [1.82, 2.24) is 5.32 Å². The van der Waals surface area contributed by atoms with Gasteiger partial charge in [0.25, 0.3) is 0 Å². The second-order valence-corrected chi connectivity index (χ2v) is 5.43. The van der Waals surface area contributed by atoms with E-state index in [0.717, 1.165) is 19.5 Å². The van der Waals surface area contributed by atoms with Crippen LogP contribution in [0.15, 0.2) is 0 Å². The van der Waals surface area contributed by atoms with Crippen molar-refractivity contribution in [2.45, 2.75) is 98.0 Å². The number of nitrogens with one attached hydrogen (secondary N) is 1. The molecule has 0 heterocycles. The van der Waals surface area contributed by atoms with Crippen molar-refractivity contribution in [2.75, 3.05) is 13.1 Å². The van der Waals surface area contributed by atoms with Gasteiger partial charge in [-0.25, -0.2) is 0 Å². The van der Waals surface area contributed by atoms with Gasteiger partial charge in [0.1, 0.15) is 0 Å². The Morgan fingerprint density at radius 3 is 1.74 bits per heavy atom. The molecule has 2 nitrogen and oxygen atoms in total. The van der Waals surface area contributed by atoms with E-state index in [1.165, 1.54) is 57.8 Å². The van der Waals surface area contributed by atoms with Crippen LogP contribution >= 0.6 is 0 Å². The van der Waals surface area contributed by atoms with Crippen molar-refractivity contribution in [3.8, 4) is 0 Å². The monoisotopic (exact) mass is 273 g/mol. The Bertz CT molecular complexity index is 139. The third kappa shape index (κ3) is 23.4. The van der Waals surface area contributed by atoms with Crippen LogP contribution in [-0.4, -0.2) is 24.3 Å². The smallest absolute Gasteiger partial charge is 0.0664 e. The van der Waals surface area contributed by atoms with E-state index in [1.807, 2.05) is 0 Å². The molecule has 0 aliphatic carbocycles. The Hall–Kier alpha value is -0.0800. The molecular formula is C17H39NO. The van der Waals surface area contributed by atoms with E-state index in [1.54, 1.807) is 0 Å². The van der Waals surface area contributed by atoms with Crippen LogP contribution in [0.25, 0.3) is 0 Å². The van der Waals surface area contributed by atoms with E-state index < -0.39 is 0 Å². The lowest BCUT2D eigenvalue weighted by molar-refractivity contribution is 0.158. The first-order chi connectivity index (χ1) is 9.22. The normalized spacial score (nSPS) is 11.8. The maximum Gasteiger partial charge on any atom is 0.0664 e. The number of likely N-dealkylation sites (N-methyl/N-ethyl adjacent to an activating group) is 1. The molecule has 0 fully saturated rings. The predicted octanol–water partition coefficient (Wildman–Crippen LogP) is 4.90. The molecule has 0 radical (unpaired) electrons. The summed E-state index contributed by atoms with van der Waals surface area (Å²) >= 11 is 0. The lowest BCUT2D eigenvalue weighted by Gasteiger charge is -2.10. The average Bonchev–Trinajstić information content (AvgIpc) is 2.40. The SMILES string of the molecule is CCC.CCCCCCCCCCC(O)CNCC. The third-order valence-corrected chi connectivity index (χ3v) is 3.02. The van der Waals surface area contributed by atoms with Crippen molar-refractivity contribution in [3.63, 3.8) is 0 Å². The molecule has 0 aliphatic rings. The highest BCUT2D eigenvalue weighted by atomic mass is 16.3. The molecule has 0 aliphatic heterocycles. The summed E-state index contributed by atoms with van der Waals surface area (Å²) in [6.07, 6.45) is 12.8. The summed E-state index contributed by atoms with van der Waals surface area (Å²) in [6.45, 7) is 10.3. The molecule has 19 heavy (non-hydrogen) atoms. The highest BCUT2D eigenvalue weighted by Gasteiger charge is 2.01. The minimum atomic E-state index is -0.139. The molecule has 0 rings (SSSR count). The molecule has 1 unspecified atom stereocenters. The van der Waals surface area contributed by atoms with Crippen molar-refractivity contribution >= 4 is 0 Å². The van der Waals surface area contributed by atoms with E-state index in [4.69, 9.17) is 0 Å². The Balaban J connectivity index is 0. The van der Waals surface area contributed by atoms with Crippen molar-refractivity contribution in [1.29, 1.82) is 0 Å². The highest BCUT2D eigenvalue weighted by molar-refractivity contribution is 4.58. The number of hydrogen-bond acceptors (Lipinski definition) is 2. The zero-order valence-corrected chi connectivity index (χ0v) is 14.0. The summed E-state index contributed by atoms with van der Waals surface area (Å²) < 4.78 is 0. The number of unbranched alkanes of at least 4 members (excludes halogenated alkanes) is 7. The number of aliphatic hydroxyl groups excluding tert-OH is 1. The summed E-state index contributed by atoms with van der Waals surface area (Å²) in [5.41, 5.74) is 0. The molecule has 0 aromatic carbocycles. The second-order valence-electron chi connectivity index (χ2n) is 5.43. The molecule has 2 N–H and O–H groups in total. The number of rotatable bonds is 12. The molecule has 0 bridgehead atoms. The van der Waals surface area contributed by atoms with Crippen LogP contribution in [0.4, 0.5) is 0 Å². The van der Waals surface area contributed by atoms with Crippen LogP contribution in [-0.2, 0) is 0 Å². The van der Waals surface area contributed by atoms with Gasteiger partial charge in [0, 0.05) is 6.54 Å². The first-order valence-corrected chi connectivity index (χ1v) is 8.61. The van der Waals surface area contributed by atoms with E-state index in [0.29, 0.717) is 0 Å². The van der Waals surface area contributed by atoms with Crippen LogP contribution < -0.4 is 5.32 Å². The van der Waals surface area contributed by atoms with E-state index in [9.17, 15) is 5.11 Å². The van der Waals surface area contributed by atoms with Gasteiger partial charge in [0.05, 0.1) is 6.10 Å². The Labute approximate surface area is 122 Å². The highest BCUT2D eigenvalue weighted by Crippen LogP contribution is 2.10. The Morgan fingerprint density at radius 2 is 1.26 bits per heavy atom. The lowest BCUT2D eigenvalue weighted by atomic mass is 10.1. The number of aliphatic hydroxyl groups is 1. The quantitative estimate of drug-likeness (QED) is 0.495. The molecule has 0 amide bonds. The summed E-state index contributed by atoms with van der Waals surface area (Å²) in [7, 11) is 0. The van der Waals surface area contributed by atoms with Crippen LogP contribution in [0.1, 0.15) is 91.9 Å². The van der Waals surface area contributed by atoms with Gasteiger partial charge in [0.15, 0.2) is 0 Å². The summed E-state index contributed by atoms with van der Waals surface area (Å²) in [4.78, 5) is 0. The van der Waals surface area contributed by atoms with E-state index in [2.05, 4.69) is 33.0 Å². The maximum absolute atomic E-state index is 9.59. The minimum Gasteiger partial charge on any atom is -0.392 e. The molecule has 2 heteroatoms. The van der Waals surface area contributed by atoms with Crippen molar-refractivity contribution in [3.05, 3.63) is 0 Å². The van der Waals surface area contributed by atoms with Gasteiger partial charge < -0.3 is 10.4 Å². The molecule has 118 valence electrons. The Morgan fingerprint density at radius 1 is 0.789 bits per heavy atom. The number of hydrogen-bond donors (Lipinski definition) is 2. The van der Waals surface area contributed by atoms with Crippen LogP contribution in [0.2, 0.25) is 0 Å². The van der Waals surface area contributed by atoms with Gasteiger partial charge in [0.2, 0.25) is 0 Å². The minimum absolute atomic E-state index is 0.139. The van der Waals surface area contributed by atoms with Crippen molar-refractivity contribution < 1.29 is 5.11 Å². The van der Waals surface area contributed by atoms with Crippen LogP contribution in [0.3, 0.4) is 0 Å². The molecule has 0 saturated heterocycles. The van der Waals surface area contributed by atoms with E-state index in [-0.39, 0.29) is 6.10 Å². The van der Waals surface area contributed by atoms with Gasteiger partial charge in [-0.05, 0) is 13.0 Å². The first kappa shape index (κ1) is 21.2. The topological polar surface area (TPSA) is 32.3 Å². The van der Waals surface area contributed by atoms with Gasteiger partial charge >= 0.3 is 0 Å². The fourth-order valence-corrected chi connectivity index (χ4v) is 1.93. The lowest BCUT2D eigenvalue weighted by Crippen LogP contribution is -2.26. The van der Waals surface area contributed by atoms with Gasteiger partial charge in [-0.2, -0.15) is 0 Å². The fourth-order valence-electron chi connectivity index (χ4n) is 1.93. The fraction of sp³-hybridized carbons (Fsp3) is 1.00. The maximum atomic E-state index is 9.59. The summed E-state index contributed by atoms with van der Waals surface area (Å²) in [6, 6.07) is 0. The zero-order valence-electron chi connectivity index (χ0n) is 14.0. The first-order valence-electron chi connectivity index (χ1n) is 8.61. The largest absolute Gasteiger partial charge is 0.392 e. The standard InChI is InChI=1S/C14H31NO.C3H8/c1-3-5-6-7-8-9-10-11-12-14(16)13-15-4-2;1-3-2/h14-16H,3-13H2,1-2H3;3H2,1-2H3. The average molecular weight is 274 g/mol. The molecule has 0 saturated carbocycles. The molecular weight excluding hydrogens is 234 g/mol. The van der Waals surface area contributed by atoms with Crippen LogP contribution in [0.5, 0.6) is 0 Å². The van der Waals surface area contributed by atoms with Gasteiger partial charge in [-0.1, -0.05) is 85.5 Å². The summed E-state index contributed by atoms with van der Waals surface area (Å²) in [5.74, 6) is 0. The summed E-state index contributed by atoms with van der Waals surface area (Å²) in [5, 5.41) is 12.8. The zero-order chi connectivity index (χ0) is 14.8. The molecule has 1 atom stereocenters. The van der Waals surface area contributed by atoms with E-state index >= 15 is 0 Å². The molecule has 0 spiro atoms.